The number of hydrogen-bond donors (Lipinski definition) is 0. The van der Waals surface area contributed by atoms with Gasteiger partial charge in [-0.1, -0.05) is 83.7 Å². The summed E-state index contributed by atoms with van der Waals surface area (Å²) in [4.78, 5) is 0. The average molecular weight is 540 g/mol. The Bertz CT molecular complexity index is 1290. The molecule has 0 bridgehead atoms. The minimum absolute atomic E-state index is 0. The average Bonchev–Trinajstić information content (AvgIpc) is 2.90. The number of allylic oxidation sites excluding steroid dienone is 4. The Morgan fingerprint density at radius 2 is 0.686 bits per heavy atom. The molecule has 0 saturated heterocycles. The molecule has 9 heteroatoms. The molecular weight excluding hydrogens is 524 g/mol. The van der Waals surface area contributed by atoms with Gasteiger partial charge in [-0.2, -0.15) is 24.8 Å². The molecule has 35 heavy (non-hydrogen) atoms. The molecule has 4 aliphatic heterocycles. The van der Waals surface area contributed by atoms with Crippen LogP contribution in [0, 0.1) is 21.3 Å². The van der Waals surface area contributed by atoms with Crippen LogP contribution in [-0.2, 0) is 42.3 Å². The monoisotopic (exact) mass is 539 g/mol. The van der Waals surface area contributed by atoms with Crippen LogP contribution in [0.1, 0.15) is 0 Å². The molecule has 179 valence electrons. The van der Waals surface area contributed by atoms with Gasteiger partial charge in [0, 0.05) is 17.1 Å². The van der Waals surface area contributed by atoms with Gasteiger partial charge in [0.1, 0.15) is 0 Å². The molecule has 2 aromatic rings. The van der Waals surface area contributed by atoms with Crippen molar-refractivity contribution < 1.29 is 17.1 Å². The Balaban J connectivity index is 0.000000198. The summed E-state index contributed by atoms with van der Waals surface area (Å²) in [6.45, 7) is 0. The first-order valence-electron chi connectivity index (χ1n) is 9.93. The minimum atomic E-state index is 0. The van der Waals surface area contributed by atoms with Gasteiger partial charge in [0.25, 0.3) is 0 Å². The molecule has 0 spiro atoms. The van der Waals surface area contributed by atoms with Crippen LogP contribution < -0.4 is 20.9 Å². The molecule has 0 amide bonds. The second-order valence-electron chi connectivity index (χ2n) is 6.61. The zero-order chi connectivity index (χ0) is 24.2. The topological polar surface area (TPSA) is 104 Å². The van der Waals surface area contributed by atoms with Crippen molar-refractivity contribution in [3.8, 4) is 10.8 Å². The third kappa shape index (κ3) is 7.00. The van der Waals surface area contributed by atoms with Gasteiger partial charge >= 0.3 is 0 Å². The summed E-state index contributed by atoms with van der Waals surface area (Å²) in [7, 11) is 0. The van der Waals surface area contributed by atoms with Crippen LogP contribution in [0.5, 0.6) is 0 Å². The van der Waals surface area contributed by atoms with E-state index in [1.54, 1.807) is 24.8 Å². The number of nitrogens with zero attached hydrogens (tertiary/aromatic N) is 6. The Kier molecular flexibility index (Phi) is 11.2. The van der Waals surface area contributed by atoms with Crippen LogP contribution >= 0.6 is 0 Å². The van der Waals surface area contributed by atoms with Crippen molar-refractivity contribution in [2.75, 3.05) is 0 Å². The van der Waals surface area contributed by atoms with Gasteiger partial charge < -0.3 is 46.5 Å². The predicted octanol–water partition coefficient (Wildman–Crippen LogP) is 4.65. The Labute approximate surface area is 225 Å². The van der Waals surface area contributed by atoms with Crippen LogP contribution in [0.25, 0.3) is 45.6 Å². The first kappa shape index (κ1) is 27.3. The van der Waals surface area contributed by atoms with E-state index in [4.69, 9.17) is 10.5 Å². The normalized spacial score (nSPS) is 12.7. The summed E-state index contributed by atoms with van der Waals surface area (Å²) in [6, 6.07) is 8.30. The minimum Gasteiger partial charge on any atom is -0.696 e. The summed E-state index contributed by atoms with van der Waals surface area (Å²) in [5, 5.41) is 38.9. The first-order chi connectivity index (χ1) is 16.7. The van der Waals surface area contributed by atoms with Crippen molar-refractivity contribution in [1.82, 2.24) is 0 Å². The number of rotatable bonds is 0. The zero-order valence-electron chi connectivity index (χ0n) is 18.0. The molecule has 2 aromatic carbocycles. The van der Waals surface area contributed by atoms with Gasteiger partial charge in [0.15, 0.2) is 0 Å². The second-order valence-corrected chi connectivity index (χ2v) is 6.98. The molecule has 0 fully saturated rings. The van der Waals surface area contributed by atoms with Gasteiger partial charge in [-0.3, -0.25) is 0 Å². The number of nitriles is 2. The molecule has 6 rings (SSSR count). The largest absolute Gasteiger partial charge is 0.696 e. The summed E-state index contributed by atoms with van der Waals surface area (Å²) >= 11 is 7.40. The molecule has 6 nitrogen and oxygen atoms in total. The van der Waals surface area contributed by atoms with E-state index in [1.807, 2.05) is 24.3 Å². The summed E-state index contributed by atoms with van der Waals surface area (Å²) in [6.07, 6.45) is 23.2. The molecule has 0 aromatic heterocycles. The Hall–Kier alpha value is -3.98. The Morgan fingerprint density at radius 1 is 0.486 bits per heavy atom. The van der Waals surface area contributed by atoms with Gasteiger partial charge in [-0.15, -0.1) is 22.7 Å². The van der Waals surface area contributed by atoms with Crippen molar-refractivity contribution >= 4 is 72.3 Å². The quantitative estimate of drug-likeness (QED) is 0.276. The molecule has 4 heterocycles. The van der Waals surface area contributed by atoms with E-state index in [0.29, 0.717) is 0 Å². The molecule has 0 atom stereocenters. The number of benzene rings is 2. The van der Waals surface area contributed by atoms with E-state index >= 15 is 0 Å². The molecular formula is C26H16CuN6S2-6. The third-order valence-corrected chi connectivity index (χ3v) is 4.69. The molecule has 4 aliphatic rings. The van der Waals surface area contributed by atoms with E-state index in [-0.39, 0.29) is 17.1 Å². The van der Waals surface area contributed by atoms with E-state index < -0.39 is 0 Å². The van der Waals surface area contributed by atoms with Crippen LogP contribution in [0.4, 0.5) is 22.7 Å². The molecule has 1 radical (unpaired) electrons. The van der Waals surface area contributed by atoms with E-state index in [9.17, 15) is 0 Å². The van der Waals surface area contributed by atoms with E-state index in [0.717, 1.165) is 43.6 Å². The fraction of sp³-hybridized carbons (Fsp3) is 0. The van der Waals surface area contributed by atoms with Gasteiger partial charge in [0.05, 0.1) is 0 Å². The van der Waals surface area contributed by atoms with Gasteiger partial charge in [-0.25, -0.2) is 10.5 Å². The van der Waals surface area contributed by atoms with Crippen molar-refractivity contribution in [2.24, 2.45) is 0 Å². The second kappa shape index (κ2) is 14.3. The number of fused-ring (bicyclic) bond motifs is 6. The predicted molar refractivity (Wildman–Crippen MR) is 144 cm³/mol. The molecule has 0 saturated carbocycles. The molecule has 0 aliphatic carbocycles. The molecule has 0 N–H and O–H groups in total. The van der Waals surface area contributed by atoms with Crippen molar-refractivity contribution in [3.63, 3.8) is 0 Å². The van der Waals surface area contributed by atoms with E-state index in [1.165, 1.54) is 10.8 Å². The maximum absolute atomic E-state index is 7.13. The maximum Gasteiger partial charge on any atom is 0 e. The van der Waals surface area contributed by atoms with Gasteiger partial charge in [0.2, 0.25) is 0 Å². The van der Waals surface area contributed by atoms with Crippen LogP contribution in [0.2, 0.25) is 0 Å². The summed E-state index contributed by atoms with van der Waals surface area (Å²) in [5.41, 5.74) is 3.91. The van der Waals surface area contributed by atoms with Crippen LogP contribution in [0.3, 0.4) is 0 Å². The summed E-state index contributed by atoms with van der Waals surface area (Å²) < 4.78 is 0. The standard InChI is InChI=1S/2C12H8N2.2CHNS.Cu/c2*1-3-9-5-6-10-4-2-8-14-12(10)11(9)13-7-1;2*2-1-3;/h2*1-8H;2*3H;/q2*-2;;;/p-2. The van der Waals surface area contributed by atoms with Crippen molar-refractivity contribution in [1.29, 1.82) is 10.5 Å². The fourth-order valence-electron chi connectivity index (χ4n) is 3.36. The summed E-state index contributed by atoms with van der Waals surface area (Å²) in [5.74, 6) is 0. The Morgan fingerprint density at radius 3 is 0.886 bits per heavy atom. The first-order valence-corrected chi connectivity index (χ1v) is 10.7. The van der Waals surface area contributed by atoms with Crippen molar-refractivity contribution in [3.05, 3.63) is 116 Å². The van der Waals surface area contributed by atoms with Crippen LogP contribution in [0.15, 0.2) is 73.4 Å². The van der Waals surface area contributed by atoms with Crippen LogP contribution in [-0.4, -0.2) is 0 Å². The smallest absolute Gasteiger partial charge is 0 e. The zero-order valence-corrected chi connectivity index (χ0v) is 20.6. The number of thiocyanates is 2. The van der Waals surface area contributed by atoms with Gasteiger partial charge in [-0.05, 0) is 20.9 Å². The number of hydrogen-bond acceptors (Lipinski definition) is 4. The SMILES string of the molecule is C1=C[N-]c2c3c(ccc2=C1)=CC=C[N-]3.C1=C[N-]c2c3c(ccc2=C1)=CC=C[N-]3.N#C[S-].N#C[S-].[Cu]. The van der Waals surface area contributed by atoms with Crippen molar-refractivity contribution in [2.45, 2.75) is 0 Å². The molecule has 0 unspecified atom stereocenters. The maximum atomic E-state index is 7.13. The fourth-order valence-corrected chi connectivity index (χ4v) is 3.36. The third-order valence-electron chi connectivity index (χ3n) is 4.69. The van der Waals surface area contributed by atoms with E-state index in [2.05, 4.69) is 95.1 Å².